The Morgan fingerprint density at radius 2 is 2.14 bits per heavy atom. The summed E-state index contributed by atoms with van der Waals surface area (Å²) < 4.78 is 18.6. The summed E-state index contributed by atoms with van der Waals surface area (Å²) in [5.41, 5.74) is 0.644. The number of carbonyl (C=O) groups is 2. The minimum atomic E-state index is -0.470. The molecule has 5 nitrogen and oxygen atoms in total. The van der Waals surface area contributed by atoms with Crippen LogP contribution in [-0.4, -0.2) is 36.4 Å². The van der Waals surface area contributed by atoms with Gasteiger partial charge in [-0.2, -0.15) is 0 Å². The zero-order valence-corrected chi connectivity index (χ0v) is 11.8. The summed E-state index contributed by atoms with van der Waals surface area (Å²) in [6, 6.07) is 4.16. The quantitative estimate of drug-likeness (QED) is 0.903. The maximum Gasteiger partial charge on any atom is 0.246 e. The topological polar surface area (TPSA) is 58.6 Å². The first-order valence-corrected chi connectivity index (χ1v) is 6.99. The van der Waals surface area contributed by atoms with Gasteiger partial charge in [0.25, 0.3) is 0 Å². The Morgan fingerprint density at radius 1 is 1.38 bits per heavy atom. The standard InChI is InChI=1S/C15H17FN2O3/c1-21-12-5-2-9(6-11(12)16)7-18-8-13(19)17-14(15(18)20)10-3-4-10/h2,5-6,10,14H,3-4,7-8H2,1H3,(H,17,19). The van der Waals surface area contributed by atoms with Crippen molar-refractivity contribution in [3.63, 3.8) is 0 Å². The van der Waals surface area contributed by atoms with Gasteiger partial charge in [-0.25, -0.2) is 4.39 Å². The van der Waals surface area contributed by atoms with E-state index in [1.54, 1.807) is 6.07 Å². The van der Waals surface area contributed by atoms with E-state index in [1.165, 1.54) is 24.1 Å². The number of hydrogen-bond donors (Lipinski definition) is 1. The summed E-state index contributed by atoms with van der Waals surface area (Å²) in [5, 5.41) is 2.75. The lowest BCUT2D eigenvalue weighted by Crippen LogP contribution is -2.58. The van der Waals surface area contributed by atoms with Gasteiger partial charge in [0.1, 0.15) is 6.04 Å². The summed E-state index contributed by atoms with van der Waals surface area (Å²) in [4.78, 5) is 25.6. The first kappa shape index (κ1) is 13.9. The van der Waals surface area contributed by atoms with Crippen LogP contribution in [0.4, 0.5) is 4.39 Å². The van der Waals surface area contributed by atoms with E-state index in [0.717, 1.165) is 12.8 Å². The van der Waals surface area contributed by atoms with Gasteiger partial charge in [-0.05, 0) is 36.5 Å². The number of rotatable bonds is 4. The van der Waals surface area contributed by atoms with Gasteiger partial charge < -0.3 is 15.0 Å². The number of amides is 2. The first-order chi connectivity index (χ1) is 10.1. The summed E-state index contributed by atoms with van der Waals surface area (Å²) in [5.74, 6) is -0.273. The van der Waals surface area contributed by atoms with Crippen LogP contribution < -0.4 is 10.1 Å². The third kappa shape index (κ3) is 2.84. The van der Waals surface area contributed by atoms with E-state index >= 15 is 0 Å². The predicted octanol–water partition coefficient (Wildman–Crippen LogP) is 1.07. The molecule has 6 heteroatoms. The number of ether oxygens (including phenoxy) is 1. The highest BCUT2D eigenvalue weighted by Crippen LogP contribution is 2.34. The zero-order valence-electron chi connectivity index (χ0n) is 11.8. The van der Waals surface area contributed by atoms with Gasteiger partial charge in [0.15, 0.2) is 11.6 Å². The third-order valence-electron chi connectivity index (χ3n) is 3.91. The van der Waals surface area contributed by atoms with Crippen LogP contribution in [0.5, 0.6) is 5.75 Å². The summed E-state index contributed by atoms with van der Waals surface area (Å²) in [7, 11) is 1.40. The van der Waals surface area contributed by atoms with Crippen molar-refractivity contribution in [1.82, 2.24) is 10.2 Å². The Bertz CT molecular complexity index is 586. The molecule has 1 heterocycles. The molecule has 2 amide bonds. The molecule has 1 aromatic rings. The van der Waals surface area contributed by atoms with E-state index in [9.17, 15) is 14.0 Å². The van der Waals surface area contributed by atoms with Crippen molar-refractivity contribution in [2.75, 3.05) is 13.7 Å². The third-order valence-corrected chi connectivity index (χ3v) is 3.91. The summed E-state index contributed by atoms with van der Waals surface area (Å²) >= 11 is 0. The van der Waals surface area contributed by atoms with Gasteiger partial charge in [-0.15, -0.1) is 0 Å². The van der Waals surface area contributed by atoms with E-state index in [-0.39, 0.29) is 36.6 Å². The van der Waals surface area contributed by atoms with Gasteiger partial charge >= 0.3 is 0 Å². The predicted molar refractivity (Wildman–Crippen MR) is 73.0 cm³/mol. The maximum absolute atomic E-state index is 13.7. The number of nitrogens with zero attached hydrogens (tertiary/aromatic N) is 1. The fourth-order valence-electron chi connectivity index (χ4n) is 2.64. The molecular weight excluding hydrogens is 275 g/mol. The lowest BCUT2D eigenvalue weighted by atomic mass is 10.1. The van der Waals surface area contributed by atoms with Crippen molar-refractivity contribution in [3.8, 4) is 5.75 Å². The molecule has 3 rings (SSSR count). The summed E-state index contributed by atoms with van der Waals surface area (Å²) in [6.45, 7) is 0.256. The van der Waals surface area contributed by atoms with Crippen LogP contribution in [0, 0.1) is 11.7 Å². The fourth-order valence-corrected chi connectivity index (χ4v) is 2.64. The number of benzene rings is 1. The first-order valence-electron chi connectivity index (χ1n) is 6.99. The average Bonchev–Trinajstić information content (AvgIpc) is 3.27. The number of carbonyl (C=O) groups excluding carboxylic acids is 2. The Balaban J connectivity index is 1.75. The molecule has 1 aliphatic carbocycles. The van der Waals surface area contributed by atoms with Gasteiger partial charge in [-0.1, -0.05) is 6.07 Å². The number of piperazine rings is 1. The van der Waals surface area contributed by atoms with Crippen molar-refractivity contribution in [1.29, 1.82) is 0 Å². The lowest BCUT2D eigenvalue weighted by molar-refractivity contribution is -0.145. The number of halogens is 1. The largest absolute Gasteiger partial charge is 0.494 e. The second kappa shape index (κ2) is 5.35. The van der Waals surface area contributed by atoms with E-state index in [4.69, 9.17) is 4.74 Å². The van der Waals surface area contributed by atoms with E-state index in [0.29, 0.717) is 5.56 Å². The van der Waals surface area contributed by atoms with Gasteiger partial charge in [0, 0.05) is 6.54 Å². The van der Waals surface area contributed by atoms with E-state index < -0.39 is 11.9 Å². The monoisotopic (exact) mass is 292 g/mol. The molecule has 0 bridgehead atoms. The molecule has 0 spiro atoms. The van der Waals surface area contributed by atoms with Crippen LogP contribution in [0.2, 0.25) is 0 Å². The molecule has 2 aliphatic rings. The number of hydrogen-bond acceptors (Lipinski definition) is 3. The molecule has 1 aromatic carbocycles. The lowest BCUT2D eigenvalue weighted by Gasteiger charge is -2.32. The van der Waals surface area contributed by atoms with Crippen LogP contribution in [0.15, 0.2) is 18.2 Å². The zero-order chi connectivity index (χ0) is 15.0. The Labute approximate surface area is 122 Å². The van der Waals surface area contributed by atoms with Gasteiger partial charge in [-0.3, -0.25) is 9.59 Å². The molecule has 1 N–H and O–H groups in total. The van der Waals surface area contributed by atoms with Crippen molar-refractivity contribution in [2.24, 2.45) is 5.92 Å². The smallest absolute Gasteiger partial charge is 0.246 e. The van der Waals surface area contributed by atoms with Crippen molar-refractivity contribution < 1.29 is 18.7 Å². The molecule has 1 atom stereocenters. The van der Waals surface area contributed by atoms with Gasteiger partial charge in [0.05, 0.1) is 13.7 Å². The van der Waals surface area contributed by atoms with E-state index in [2.05, 4.69) is 5.32 Å². The Kier molecular flexibility index (Phi) is 3.53. The molecule has 1 saturated heterocycles. The molecule has 112 valence electrons. The van der Waals surface area contributed by atoms with Crippen molar-refractivity contribution >= 4 is 11.8 Å². The van der Waals surface area contributed by atoms with Crippen molar-refractivity contribution in [2.45, 2.75) is 25.4 Å². The normalized spacial score (nSPS) is 22.2. The molecule has 0 aromatic heterocycles. The maximum atomic E-state index is 13.7. The SMILES string of the molecule is COc1ccc(CN2CC(=O)NC(C3CC3)C2=O)cc1F. The van der Waals surface area contributed by atoms with Crippen LogP contribution >= 0.6 is 0 Å². The molecule has 1 unspecified atom stereocenters. The summed E-state index contributed by atoms with van der Waals surface area (Å²) in [6.07, 6.45) is 1.95. The molecule has 0 radical (unpaired) electrons. The number of nitrogens with one attached hydrogen (secondary N) is 1. The molecular formula is C15H17FN2O3. The average molecular weight is 292 g/mol. The number of methoxy groups -OCH3 is 1. The molecule has 21 heavy (non-hydrogen) atoms. The Morgan fingerprint density at radius 3 is 2.76 bits per heavy atom. The highest BCUT2D eigenvalue weighted by molar-refractivity contribution is 5.95. The van der Waals surface area contributed by atoms with Crippen LogP contribution in [0.3, 0.4) is 0 Å². The minimum Gasteiger partial charge on any atom is -0.494 e. The highest BCUT2D eigenvalue weighted by Gasteiger charge is 2.42. The molecule has 2 fully saturated rings. The Hall–Kier alpha value is -2.11. The van der Waals surface area contributed by atoms with Crippen LogP contribution in [0.25, 0.3) is 0 Å². The highest BCUT2D eigenvalue weighted by atomic mass is 19.1. The van der Waals surface area contributed by atoms with Crippen molar-refractivity contribution in [3.05, 3.63) is 29.6 Å². The van der Waals surface area contributed by atoms with Crippen LogP contribution in [-0.2, 0) is 16.1 Å². The second-order valence-corrected chi connectivity index (χ2v) is 5.55. The van der Waals surface area contributed by atoms with Crippen LogP contribution in [0.1, 0.15) is 18.4 Å². The molecule has 1 aliphatic heterocycles. The molecule has 1 saturated carbocycles. The minimum absolute atomic E-state index is 0.0235. The second-order valence-electron chi connectivity index (χ2n) is 5.55. The fraction of sp³-hybridized carbons (Fsp3) is 0.467. The van der Waals surface area contributed by atoms with Gasteiger partial charge in [0.2, 0.25) is 11.8 Å². The van der Waals surface area contributed by atoms with E-state index in [1.807, 2.05) is 0 Å².